The fraction of sp³-hybridized carbons (Fsp3) is 0.100. The monoisotopic (exact) mass is 379 g/mol. The van der Waals surface area contributed by atoms with E-state index in [1.807, 2.05) is 60.7 Å². The second-order valence-electron chi connectivity index (χ2n) is 6.15. The Hall–Kier alpha value is -3.19. The Balaban J connectivity index is 1.97. The quantitative estimate of drug-likeness (QED) is 0.537. The van der Waals surface area contributed by atoms with E-state index < -0.39 is 10.0 Å². The number of hydrogen-bond acceptors (Lipinski definition) is 5. The van der Waals surface area contributed by atoms with Crippen LogP contribution in [0.4, 0.5) is 5.82 Å². The molecule has 0 fully saturated rings. The molecule has 0 aliphatic carbocycles. The molecule has 6 nitrogen and oxygen atoms in total. The number of oxazole rings is 1. The van der Waals surface area contributed by atoms with Gasteiger partial charge in [0.1, 0.15) is 5.69 Å². The van der Waals surface area contributed by atoms with E-state index in [-0.39, 0.29) is 11.7 Å². The Labute approximate surface area is 157 Å². The molecule has 2 aromatic heterocycles. The van der Waals surface area contributed by atoms with Gasteiger partial charge in [0.2, 0.25) is 15.9 Å². The van der Waals surface area contributed by atoms with Crippen LogP contribution < -0.4 is 4.31 Å². The maximum Gasteiger partial charge on any atom is 0.248 e. The van der Waals surface area contributed by atoms with Crippen molar-refractivity contribution in [2.24, 2.45) is 0 Å². The van der Waals surface area contributed by atoms with Crippen molar-refractivity contribution in [1.29, 1.82) is 0 Å². The lowest BCUT2D eigenvalue weighted by molar-refractivity contribution is 0.586. The molecule has 4 aromatic rings. The third-order valence-corrected chi connectivity index (χ3v) is 5.49. The highest BCUT2D eigenvalue weighted by Gasteiger charge is 2.25. The van der Waals surface area contributed by atoms with Crippen LogP contribution in [0.2, 0.25) is 0 Å². The molecule has 0 radical (unpaired) electrons. The van der Waals surface area contributed by atoms with Crippen molar-refractivity contribution in [3.63, 3.8) is 0 Å². The third-order valence-electron chi connectivity index (χ3n) is 4.32. The van der Waals surface area contributed by atoms with Gasteiger partial charge in [0, 0.05) is 24.2 Å². The summed E-state index contributed by atoms with van der Waals surface area (Å²) in [5.74, 6) is 0.887. The number of hydrogen-bond donors (Lipinski definition) is 0. The van der Waals surface area contributed by atoms with Gasteiger partial charge >= 0.3 is 0 Å². The van der Waals surface area contributed by atoms with Gasteiger partial charge in [-0.3, -0.25) is 9.29 Å². The molecule has 4 rings (SSSR count). The van der Waals surface area contributed by atoms with Crippen LogP contribution in [0.5, 0.6) is 0 Å². The molecule has 0 N–H and O–H groups in total. The van der Waals surface area contributed by atoms with Gasteiger partial charge < -0.3 is 4.42 Å². The molecule has 0 amide bonds. The smallest absolute Gasteiger partial charge is 0.248 e. The summed E-state index contributed by atoms with van der Waals surface area (Å²) in [6, 6.07) is 19.0. The first-order chi connectivity index (χ1) is 12.9. The van der Waals surface area contributed by atoms with Crippen LogP contribution in [0.3, 0.4) is 0 Å². The highest BCUT2D eigenvalue weighted by atomic mass is 32.2. The lowest BCUT2D eigenvalue weighted by Crippen LogP contribution is -2.25. The number of anilines is 1. The number of fused-ring (bicyclic) bond motifs is 1. The van der Waals surface area contributed by atoms with Crippen molar-refractivity contribution >= 4 is 26.6 Å². The standard InChI is InChI=1S/C20H17N3O3S/c1-23(27(2,24)25)19-18(15-9-4-3-5-10-15)26-20(22-19)17-16-11-7-6-8-14(16)12-13-21-17/h3-13H,1-2H3. The number of benzene rings is 2. The Morgan fingerprint density at radius 1 is 0.963 bits per heavy atom. The second kappa shape index (κ2) is 6.51. The minimum atomic E-state index is -3.51. The zero-order valence-electron chi connectivity index (χ0n) is 14.8. The maximum atomic E-state index is 12.1. The molecule has 0 bridgehead atoms. The second-order valence-corrected chi connectivity index (χ2v) is 8.16. The first-order valence-electron chi connectivity index (χ1n) is 8.29. The predicted molar refractivity (Wildman–Crippen MR) is 106 cm³/mol. The molecule has 0 unspecified atom stereocenters. The van der Waals surface area contributed by atoms with Gasteiger partial charge in [-0.25, -0.2) is 8.42 Å². The average Bonchev–Trinajstić information content (AvgIpc) is 3.12. The molecule has 0 atom stereocenters. The first-order valence-corrected chi connectivity index (χ1v) is 10.1. The molecule has 7 heteroatoms. The Morgan fingerprint density at radius 3 is 2.41 bits per heavy atom. The van der Waals surface area contributed by atoms with E-state index in [0.717, 1.165) is 26.9 Å². The van der Waals surface area contributed by atoms with Crippen LogP contribution in [-0.4, -0.2) is 31.7 Å². The summed E-state index contributed by atoms with van der Waals surface area (Å²) in [5.41, 5.74) is 1.31. The van der Waals surface area contributed by atoms with Crippen LogP contribution >= 0.6 is 0 Å². The number of aromatic nitrogens is 2. The average molecular weight is 379 g/mol. The fourth-order valence-electron chi connectivity index (χ4n) is 2.85. The van der Waals surface area contributed by atoms with E-state index in [0.29, 0.717) is 11.5 Å². The maximum absolute atomic E-state index is 12.1. The van der Waals surface area contributed by atoms with Crippen LogP contribution in [0.1, 0.15) is 0 Å². The molecule has 0 spiro atoms. The summed E-state index contributed by atoms with van der Waals surface area (Å²) >= 11 is 0. The van der Waals surface area contributed by atoms with E-state index in [2.05, 4.69) is 9.97 Å². The molecular formula is C20H17N3O3S. The largest absolute Gasteiger partial charge is 0.432 e. The van der Waals surface area contributed by atoms with Crippen molar-refractivity contribution < 1.29 is 12.8 Å². The van der Waals surface area contributed by atoms with E-state index in [1.165, 1.54) is 7.05 Å². The van der Waals surface area contributed by atoms with Crippen LogP contribution in [0.25, 0.3) is 33.7 Å². The Kier molecular flexibility index (Phi) is 4.16. The van der Waals surface area contributed by atoms with Crippen LogP contribution in [0.15, 0.2) is 71.3 Å². The van der Waals surface area contributed by atoms with Crippen molar-refractivity contribution in [1.82, 2.24) is 9.97 Å². The fourth-order valence-corrected chi connectivity index (χ4v) is 3.29. The molecule has 0 aliphatic rings. The summed E-state index contributed by atoms with van der Waals surface area (Å²) in [7, 11) is -2.05. The van der Waals surface area contributed by atoms with Crippen molar-refractivity contribution in [3.8, 4) is 22.9 Å². The van der Waals surface area contributed by atoms with Crippen LogP contribution in [0, 0.1) is 0 Å². The SMILES string of the molecule is CN(c1nc(-c2nccc3ccccc23)oc1-c1ccccc1)S(C)(=O)=O. The van der Waals surface area contributed by atoms with Crippen molar-refractivity contribution in [3.05, 3.63) is 66.9 Å². The summed E-state index contributed by atoms with van der Waals surface area (Å²) in [6.45, 7) is 0. The van der Waals surface area contributed by atoms with E-state index in [9.17, 15) is 8.42 Å². The molecular weight excluding hydrogens is 362 g/mol. The van der Waals surface area contributed by atoms with Gasteiger partial charge in [0.15, 0.2) is 11.6 Å². The Bertz CT molecular complexity index is 1210. The third kappa shape index (κ3) is 3.17. The van der Waals surface area contributed by atoms with E-state index >= 15 is 0 Å². The number of sulfonamides is 1. The predicted octanol–water partition coefficient (Wildman–Crippen LogP) is 3.95. The molecule has 27 heavy (non-hydrogen) atoms. The van der Waals surface area contributed by atoms with Gasteiger partial charge in [0.25, 0.3) is 0 Å². The van der Waals surface area contributed by atoms with Crippen LogP contribution in [-0.2, 0) is 10.0 Å². The van der Waals surface area contributed by atoms with Gasteiger partial charge in [-0.15, -0.1) is 0 Å². The normalized spacial score (nSPS) is 11.6. The van der Waals surface area contributed by atoms with Gasteiger partial charge in [0.05, 0.1) is 6.26 Å². The first kappa shape index (κ1) is 17.2. The summed E-state index contributed by atoms with van der Waals surface area (Å²) < 4.78 is 31.4. The molecule has 0 saturated carbocycles. The summed E-state index contributed by atoms with van der Waals surface area (Å²) in [6.07, 6.45) is 2.82. The van der Waals surface area contributed by atoms with Gasteiger partial charge in [-0.1, -0.05) is 54.6 Å². The highest BCUT2D eigenvalue weighted by molar-refractivity contribution is 7.92. The highest BCUT2D eigenvalue weighted by Crippen LogP contribution is 2.36. The minimum absolute atomic E-state index is 0.230. The zero-order valence-corrected chi connectivity index (χ0v) is 15.6. The topological polar surface area (TPSA) is 76.3 Å². The van der Waals surface area contributed by atoms with Crippen molar-refractivity contribution in [2.75, 3.05) is 17.6 Å². The lowest BCUT2D eigenvalue weighted by Gasteiger charge is -2.14. The van der Waals surface area contributed by atoms with Crippen molar-refractivity contribution in [2.45, 2.75) is 0 Å². The Morgan fingerprint density at radius 2 is 1.67 bits per heavy atom. The zero-order chi connectivity index (χ0) is 19.0. The summed E-state index contributed by atoms with van der Waals surface area (Å²) in [5, 5.41) is 1.88. The van der Waals surface area contributed by atoms with Gasteiger partial charge in [-0.2, -0.15) is 4.98 Å². The summed E-state index contributed by atoms with van der Waals surface area (Å²) in [4.78, 5) is 8.91. The minimum Gasteiger partial charge on any atom is -0.432 e. The molecule has 0 saturated heterocycles. The molecule has 2 heterocycles. The van der Waals surface area contributed by atoms with E-state index in [1.54, 1.807) is 6.20 Å². The molecule has 0 aliphatic heterocycles. The molecule has 2 aromatic carbocycles. The number of nitrogens with zero attached hydrogens (tertiary/aromatic N) is 3. The van der Waals surface area contributed by atoms with Gasteiger partial charge in [-0.05, 0) is 11.5 Å². The molecule has 136 valence electrons. The van der Waals surface area contributed by atoms with E-state index in [4.69, 9.17) is 4.42 Å². The lowest BCUT2D eigenvalue weighted by atomic mass is 10.1. The number of pyridine rings is 1. The number of rotatable bonds is 4.